The SMILES string of the molecule is ClCCl.O=[PH]([O-])O[PH](=O)[O-].O=[PH]([O-])O[PH](=O)[O-].[Na+].[Na+].[Na+].[Na+]. The smallest absolute Gasteiger partial charge is 0.781 e. The number of hydrogen-bond donors (Lipinski definition) is 0. The van der Waals surface area contributed by atoms with Crippen molar-refractivity contribution in [1.82, 2.24) is 0 Å². The first kappa shape index (κ1) is 45.2. The molecule has 4 unspecified atom stereocenters. The maximum Gasteiger partial charge on any atom is 1.00 e. The van der Waals surface area contributed by atoms with Gasteiger partial charge in [-0.3, -0.25) is 8.62 Å². The largest absolute Gasteiger partial charge is 1.00 e. The number of rotatable bonds is 4. The quantitative estimate of drug-likeness (QED) is 0.220. The van der Waals surface area contributed by atoms with Crippen LogP contribution < -0.4 is 138 Å². The molecular weight excluding hydrogens is 459 g/mol. The summed E-state index contributed by atoms with van der Waals surface area (Å²) in [4.78, 5) is 37.1. The van der Waals surface area contributed by atoms with Gasteiger partial charge >= 0.3 is 118 Å². The second-order valence-corrected chi connectivity index (χ2v) is 5.75. The first-order chi connectivity index (χ1) is 7.67. The Morgan fingerprint density at radius 3 is 0.714 bits per heavy atom. The molecule has 20 heteroatoms. The van der Waals surface area contributed by atoms with E-state index in [1.165, 1.54) is 0 Å². The van der Waals surface area contributed by atoms with Gasteiger partial charge in [-0.05, 0) is 0 Å². The molecule has 4 atom stereocenters. The van der Waals surface area contributed by atoms with E-state index in [1.807, 2.05) is 0 Å². The van der Waals surface area contributed by atoms with Crippen LogP contribution in [0.2, 0.25) is 0 Å². The van der Waals surface area contributed by atoms with Crippen LogP contribution in [0.4, 0.5) is 0 Å². The van der Waals surface area contributed by atoms with Gasteiger partial charge in [-0.1, -0.05) is 0 Å². The van der Waals surface area contributed by atoms with Crippen molar-refractivity contribution in [3.8, 4) is 0 Å². The fraction of sp³-hybridized carbons (Fsp3) is 1.00. The van der Waals surface area contributed by atoms with Gasteiger partial charge in [0.1, 0.15) is 33.0 Å². The summed E-state index contributed by atoms with van der Waals surface area (Å²) in [5.41, 5.74) is 0. The molecule has 0 aromatic rings. The maximum atomic E-state index is 9.29. The van der Waals surface area contributed by atoms with Crippen molar-refractivity contribution < 1.29 is 165 Å². The van der Waals surface area contributed by atoms with Crippen molar-refractivity contribution in [2.24, 2.45) is 0 Å². The van der Waals surface area contributed by atoms with Crippen LogP contribution in [-0.4, -0.2) is 5.34 Å². The molecule has 108 valence electrons. The van der Waals surface area contributed by atoms with Crippen molar-refractivity contribution in [3.63, 3.8) is 0 Å². The molecule has 0 amide bonds. The minimum Gasteiger partial charge on any atom is -0.781 e. The molecule has 0 rings (SSSR count). The van der Waals surface area contributed by atoms with Gasteiger partial charge in [-0.25, -0.2) is 0 Å². The first-order valence-corrected chi connectivity index (χ1v) is 8.95. The molecule has 10 nitrogen and oxygen atoms in total. The van der Waals surface area contributed by atoms with E-state index in [-0.39, 0.29) is 124 Å². The normalized spacial score (nSPS) is 13.2. The summed E-state index contributed by atoms with van der Waals surface area (Å²) in [6.07, 6.45) is 0. The summed E-state index contributed by atoms with van der Waals surface area (Å²) in [6, 6.07) is 0. The fourth-order valence-electron chi connectivity index (χ4n) is 0.136. The number of alkyl halides is 2. The predicted molar refractivity (Wildman–Crippen MR) is 54.7 cm³/mol. The van der Waals surface area contributed by atoms with E-state index in [4.69, 9.17) is 23.2 Å². The molecule has 0 saturated heterocycles. The second-order valence-electron chi connectivity index (χ2n) is 1.31. The van der Waals surface area contributed by atoms with Crippen LogP contribution >= 0.6 is 56.2 Å². The minimum atomic E-state index is -3.51. The second kappa shape index (κ2) is 36.2. The molecule has 0 saturated carbocycles. The third-order valence-corrected chi connectivity index (χ3v) is 3.00. The molecule has 0 spiro atoms. The van der Waals surface area contributed by atoms with Crippen LogP contribution in [0, 0.1) is 0 Å². The van der Waals surface area contributed by atoms with Crippen LogP contribution in [0.15, 0.2) is 0 Å². The van der Waals surface area contributed by atoms with Gasteiger partial charge in [0, 0.05) is 0 Å². The van der Waals surface area contributed by atoms with Gasteiger partial charge in [0.25, 0.3) is 0 Å². The Hall–Kier alpha value is 5.26. The molecule has 21 heavy (non-hydrogen) atoms. The molecule has 0 radical (unpaired) electrons. The molecule has 0 fully saturated rings. The van der Waals surface area contributed by atoms with Gasteiger partial charge in [0.05, 0.1) is 5.34 Å². The molecule has 0 aliphatic heterocycles. The Morgan fingerprint density at radius 1 is 0.619 bits per heavy atom. The molecule has 0 aromatic carbocycles. The topological polar surface area (TPSA) is 179 Å². The molecule has 0 bridgehead atoms. The summed E-state index contributed by atoms with van der Waals surface area (Å²) in [6.45, 7) is 0. The molecule has 0 heterocycles. The van der Waals surface area contributed by atoms with Crippen molar-refractivity contribution in [3.05, 3.63) is 0 Å². The van der Waals surface area contributed by atoms with Crippen LogP contribution in [0.5, 0.6) is 0 Å². The van der Waals surface area contributed by atoms with E-state index < -0.39 is 33.0 Å². The predicted octanol–water partition coefficient (Wildman–Crippen LogP) is -13.6. The van der Waals surface area contributed by atoms with Gasteiger partial charge < -0.3 is 37.8 Å². The van der Waals surface area contributed by atoms with E-state index in [1.54, 1.807) is 0 Å². The fourth-order valence-corrected chi connectivity index (χ4v) is 1.22. The van der Waals surface area contributed by atoms with Gasteiger partial charge in [0.15, 0.2) is 0 Å². The van der Waals surface area contributed by atoms with E-state index in [2.05, 4.69) is 8.62 Å². The van der Waals surface area contributed by atoms with E-state index in [9.17, 15) is 37.8 Å². The molecule has 0 aromatic heterocycles. The van der Waals surface area contributed by atoms with Gasteiger partial charge in [-0.2, -0.15) is 0 Å². The summed E-state index contributed by atoms with van der Waals surface area (Å²) < 4.78 is 43.6. The van der Waals surface area contributed by atoms with Crippen LogP contribution in [-0.2, 0) is 26.9 Å². The zero-order valence-electron chi connectivity index (χ0n) is 11.5. The third kappa shape index (κ3) is 77.7. The zero-order chi connectivity index (χ0) is 14.4. The summed E-state index contributed by atoms with van der Waals surface area (Å²) >= 11 is 9.53. The maximum absolute atomic E-state index is 9.29. The number of hydrogen-bond acceptors (Lipinski definition) is 10. The first-order valence-electron chi connectivity index (χ1n) is 2.98. The monoisotopic (exact) mass is 464 g/mol. The van der Waals surface area contributed by atoms with Crippen molar-refractivity contribution in [2.45, 2.75) is 0 Å². The summed E-state index contributed by atoms with van der Waals surface area (Å²) in [7, 11) is -14.1. The van der Waals surface area contributed by atoms with Crippen molar-refractivity contribution in [1.29, 1.82) is 0 Å². The average Bonchev–Trinajstić information content (AvgIpc) is 1.99. The van der Waals surface area contributed by atoms with Crippen molar-refractivity contribution in [2.75, 3.05) is 5.34 Å². The molecular formula is CH6Cl2Na4O10P4. The minimum absolute atomic E-state index is 0. The third-order valence-electron chi connectivity index (χ3n) is 0.333. The average molecular weight is 465 g/mol. The zero-order valence-corrected chi connectivity index (χ0v) is 25.1. The summed E-state index contributed by atoms with van der Waals surface area (Å²) in [5, 5.41) is 0.194. The van der Waals surface area contributed by atoms with E-state index in [0.29, 0.717) is 0 Å². The number of halogens is 2. The van der Waals surface area contributed by atoms with Crippen molar-refractivity contribution >= 4 is 56.2 Å². The molecule has 0 N–H and O–H groups in total. The standard InChI is InChI=1S/CH2Cl2.4Na.2H4O5P2/c2-1-3;;;;;2*1-6(2)5-7(3)4/h1H2;;;;;2*6-7H,(H,1,2)(H,3,4)/q;4*+1;;/p-4. The van der Waals surface area contributed by atoms with Crippen LogP contribution in [0.1, 0.15) is 0 Å². The Morgan fingerprint density at radius 2 is 0.714 bits per heavy atom. The van der Waals surface area contributed by atoms with E-state index in [0.717, 1.165) is 0 Å². The van der Waals surface area contributed by atoms with Gasteiger partial charge in [-0.15, -0.1) is 23.2 Å². The van der Waals surface area contributed by atoms with Crippen LogP contribution in [0.25, 0.3) is 0 Å². The van der Waals surface area contributed by atoms with Gasteiger partial charge in [0.2, 0.25) is 0 Å². The Balaban J connectivity index is -0.0000000271. The van der Waals surface area contributed by atoms with Crippen LogP contribution in [0.3, 0.4) is 0 Å². The summed E-state index contributed by atoms with van der Waals surface area (Å²) in [5.74, 6) is 0. The Labute approximate surface area is 222 Å². The Kier molecular flexibility index (Phi) is 77.9. The molecule has 0 aliphatic carbocycles. The van der Waals surface area contributed by atoms with E-state index >= 15 is 0 Å². The molecule has 0 aliphatic rings. The Bertz CT molecular complexity index is 232.